The number of carbonyl (C=O) groups excluding carboxylic acids is 1. The van der Waals surface area contributed by atoms with Crippen LogP contribution in [0.25, 0.3) is 0 Å². The van der Waals surface area contributed by atoms with E-state index >= 15 is 0 Å². The summed E-state index contributed by atoms with van der Waals surface area (Å²) in [6, 6.07) is 5.06. The number of hydrogen-bond acceptors (Lipinski definition) is 4. The van der Waals surface area contributed by atoms with E-state index in [1.807, 2.05) is 0 Å². The first-order chi connectivity index (χ1) is 7.79. The average molecular weight is 338 g/mol. The molecule has 0 atom stereocenters. The summed E-state index contributed by atoms with van der Waals surface area (Å²) in [5.74, 6) is -0.400. The van der Waals surface area contributed by atoms with Gasteiger partial charge in [-0.25, -0.2) is 8.42 Å². The summed E-state index contributed by atoms with van der Waals surface area (Å²) >= 11 is 7.44. The number of sulfone groups is 1. The highest BCUT2D eigenvalue weighted by molar-refractivity contribution is 9.10. The standard InChI is InChI=1S/C10H12BrNO3S2/c1-17(14,15)5-4-12-10(13)8-3-2-7(11)6-9(8)16/h2-3,6,16H,4-5H2,1H3,(H,12,13). The number of benzene rings is 1. The molecule has 1 aromatic rings. The van der Waals surface area contributed by atoms with Gasteiger partial charge in [0.25, 0.3) is 5.91 Å². The van der Waals surface area contributed by atoms with Crippen molar-refractivity contribution < 1.29 is 13.2 Å². The molecule has 1 rings (SSSR count). The Labute approximate surface area is 114 Å². The smallest absolute Gasteiger partial charge is 0.252 e. The van der Waals surface area contributed by atoms with Crippen LogP contribution in [0.4, 0.5) is 0 Å². The lowest BCUT2D eigenvalue weighted by Crippen LogP contribution is -2.29. The molecule has 17 heavy (non-hydrogen) atoms. The fourth-order valence-electron chi connectivity index (χ4n) is 1.14. The summed E-state index contributed by atoms with van der Waals surface area (Å²) in [5.41, 5.74) is 0.421. The first-order valence-corrected chi connectivity index (χ1v) is 8.04. The van der Waals surface area contributed by atoms with Gasteiger partial charge in [-0.2, -0.15) is 0 Å². The highest BCUT2D eigenvalue weighted by atomic mass is 79.9. The molecule has 0 fully saturated rings. The molecule has 4 nitrogen and oxygen atoms in total. The van der Waals surface area contributed by atoms with Gasteiger partial charge < -0.3 is 5.32 Å². The third-order valence-electron chi connectivity index (χ3n) is 1.96. The molecule has 7 heteroatoms. The fourth-order valence-corrected chi connectivity index (χ4v) is 2.47. The summed E-state index contributed by atoms with van der Waals surface area (Å²) in [4.78, 5) is 12.2. The second kappa shape index (κ2) is 5.88. The van der Waals surface area contributed by atoms with Gasteiger partial charge >= 0.3 is 0 Å². The normalized spacial score (nSPS) is 11.2. The minimum absolute atomic E-state index is 0.0722. The monoisotopic (exact) mass is 337 g/mol. The highest BCUT2D eigenvalue weighted by Gasteiger charge is 2.10. The van der Waals surface area contributed by atoms with E-state index in [2.05, 4.69) is 33.9 Å². The molecule has 1 aromatic carbocycles. The lowest BCUT2D eigenvalue weighted by molar-refractivity contribution is 0.0953. The molecular formula is C10H12BrNO3S2. The molecule has 1 N–H and O–H groups in total. The number of rotatable bonds is 4. The molecule has 1 amide bonds. The number of nitrogens with one attached hydrogen (secondary N) is 1. The van der Waals surface area contributed by atoms with Crippen LogP contribution in [0.15, 0.2) is 27.6 Å². The van der Waals surface area contributed by atoms with E-state index in [0.29, 0.717) is 10.5 Å². The molecular weight excluding hydrogens is 326 g/mol. The Morgan fingerprint density at radius 2 is 2.12 bits per heavy atom. The largest absolute Gasteiger partial charge is 0.351 e. The molecule has 94 valence electrons. The summed E-state index contributed by atoms with van der Waals surface area (Å²) < 4.78 is 22.6. The highest BCUT2D eigenvalue weighted by Crippen LogP contribution is 2.19. The number of hydrogen-bond donors (Lipinski definition) is 2. The molecule has 0 aliphatic rings. The number of halogens is 1. The van der Waals surface area contributed by atoms with Crippen LogP contribution in [0, 0.1) is 0 Å². The maximum atomic E-state index is 11.7. The fraction of sp³-hybridized carbons (Fsp3) is 0.300. The van der Waals surface area contributed by atoms with Crippen LogP contribution < -0.4 is 5.32 Å². The third kappa shape index (κ3) is 5.10. The predicted octanol–water partition coefficient (Wildman–Crippen LogP) is 1.51. The Kier molecular flexibility index (Phi) is 5.03. The van der Waals surface area contributed by atoms with Crippen molar-refractivity contribution in [2.24, 2.45) is 0 Å². The molecule has 0 aliphatic heterocycles. The Morgan fingerprint density at radius 3 is 2.65 bits per heavy atom. The van der Waals surface area contributed by atoms with Gasteiger partial charge in [-0.3, -0.25) is 4.79 Å². The van der Waals surface area contributed by atoms with E-state index in [-0.39, 0.29) is 18.2 Å². The second-order valence-corrected chi connectivity index (χ2v) is 7.20. The first-order valence-electron chi connectivity index (χ1n) is 4.74. The van der Waals surface area contributed by atoms with Crippen molar-refractivity contribution >= 4 is 44.3 Å². The van der Waals surface area contributed by atoms with Crippen molar-refractivity contribution in [2.75, 3.05) is 18.6 Å². The van der Waals surface area contributed by atoms with Crippen LogP contribution in [0.2, 0.25) is 0 Å². The van der Waals surface area contributed by atoms with Crippen molar-refractivity contribution in [1.82, 2.24) is 5.32 Å². The van der Waals surface area contributed by atoms with Crippen molar-refractivity contribution in [3.05, 3.63) is 28.2 Å². The van der Waals surface area contributed by atoms with Gasteiger partial charge in [0.15, 0.2) is 0 Å². The topological polar surface area (TPSA) is 63.2 Å². The van der Waals surface area contributed by atoms with Crippen LogP contribution in [0.1, 0.15) is 10.4 Å². The van der Waals surface area contributed by atoms with Crippen LogP contribution in [0.5, 0.6) is 0 Å². The molecule has 0 heterocycles. The summed E-state index contributed by atoms with van der Waals surface area (Å²) in [5, 5.41) is 2.53. The van der Waals surface area contributed by atoms with Crippen LogP contribution in [-0.2, 0) is 9.84 Å². The lowest BCUT2D eigenvalue weighted by Gasteiger charge is -2.06. The van der Waals surface area contributed by atoms with E-state index in [1.54, 1.807) is 18.2 Å². The molecule has 0 saturated heterocycles. The zero-order chi connectivity index (χ0) is 13.1. The minimum atomic E-state index is -3.06. The van der Waals surface area contributed by atoms with Gasteiger partial charge in [0.2, 0.25) is 0 Å². The van der Waals surface area contributed by atoms with Crippen molar-refractivity contribution in [2.45, 2.75) is 4.90 Å². The summed E-state index contributed by atoms with van der Waals surface area (Å²) in [6.07, 6.45) is 1.13. The van der Waals surface area contributed by atoms with Crippen LogP contribution in [-0.4, -0.2) is 32.9 Å². The van der Waals surface area contributed by atoms with E-state index in [4.69, 9.17) is 0 Å². The zero-order valence-corrected chi connectivity index (χ0v) is 12.4. The van der Waals surface area contributed by atoms with Crippen molar-refractivity contribution in [3.63, 3.8) is 0 Å². The number of carbonyl (C=O) groups is 1. The Bertz CT molecular complexity index is 528. The van der Waals surface area contributed by atoms with Crippen LogP contribution >= 0.6 is 28.6 Å². The van der Waals surface area contributed by atoms with Gasteiger partial charge in [0, 0.05) is 22.2 Å². The Hall–Kier alpha value is -0.530. The molecule has 0 saturated carbocycles. The second-order valence-electron chi connectivity index (χ2n) is 3.55. The molecule has 0 bridgehead atoms. The van der Waals surface area contributed by atoms with Gasteiger partial charge in [-0.05, 0) is 18.2 Å². The van der Waals surface area contributed by atoms with Gasteiger partial charge in [-0.15, -0.1) is 12.6 Å². The van der Waals surface area contributed by atoms with E-state index in [9.17, 15) is 13.2 Å². The summed E-state index contributed by atoms with van der Waals surface area (Å²) in [6.45, 7) is 0.0982. The molecule has 0 aliphatic carbocycles. The van der Waals surface area contributed by atoms with Crippen molar-refractivity contribution in [3.8, 4) is 0 Å². The molecule has 0 unspecified atom stereocenters. The van der Waals surface area contributed by atoms with E-state index in [0.717, 1.165) is 10.7 Å². The SMILES string of the molecule is CS(=O)(=O)CCNC(=O)c1ccc(Br)cc1S. The molecule has 0 radical (unpaired) electrons. The van der Waals surface area contributed by atoms with Crippen LogP contribution in [0.3, 0.4) is 0 Å². The van der Waals surface area contributed by atoms with Gasteiger partial charge in [0.1, 0.15) is 9.84 Å². The third-order valence-corrected chi connectivity index (χ3v) is 3.77. The van der Waals surface area contributed by atoms with Gasteiger partial charge in [0.05, 0.1) is 11.3 Å². The maximum absolute atomic E-state index is 11.7. The zero-order valence-electron chi connectivity index (χ0n) is 9.10. The summed E-state index contributed by atoms with van der Waals surface area (Å²) in [7, 11) is -3.06. The number of thiol groups is 1. The average Bonchev–Trinajstić information content (AvgIpc) is 2.15. The predicted molar refractivity (Wildman–Crippen MR) is 73.4 cm³/mol. The van der Waals surface area contributed by atoms with E-state index < -0.39 is 9.84 Å². The quantitative estimate of drug-likeness (QED) is 0.818. The maximum Gasteiger partial charge on any atom is 0.252 e. The first kappa shape index (κ1) is 14.5. The minimum Gasteiger partial charge on any atom is -0.351 e. The van der Waals surface area contributed by atoms with Gasteiger partial charge in [-0.1, -0.05) is 15.9 Å². The Morgan fingerprint density at radius 1 is 1.47 bits per heavy atom. The number of amides is 1. The van der Waals surface area contributed by atoms with Crippen molar-refractivity contribution in [1.29, 1.82) is 0 Å². The molecule has 0 aromatic heterocycles. The molecule has 0 spiro atoms. The van der Waals surface area contributed by atoms with E-state index in [1.165, 1.54) is 0 Å². The Balaban J connectivity index is 2.65. The lowest BCUT2D eigenvalue weighted by atomic mass is 10.2.